The van der Waals surface area contributed by atoms with Gasteiger partial charge in [-0.3, -0.25) is 4.79 Å². The Bertz CT molecular complexity index is 317. The number of rotatable bonds is 2. The molecule has 1 unspecified atom stereocenters. The molecule has 1 aliphatic rings. The molecule has 1 N–H and O–H groups in total. The van der Waals surface area contributed by atoms with Crippen molar-refractivity contribution in [1.29, 1.82) is 0 Å². The molecule has 0 bridgehead atoms. The van der Waals surface area contributed by atoms with Gasteiger partial charge in [0, 0.05) is 4.47 Å². The molecule has 0 saturated carbocycles. The molecule has 1 saturated heterocycles. The first kappa shape index (κ1) is 9.37. The second kappa shape index (κ2) is 3.90. The first-order valence-corrected chi connectivity index (χ1v) is 5.97. The van der Waals surface area contributed by atoms with Gasteiger partial charge in [-0.25, -0.2) is 0 Å². The SMILES string of the molecule is O=C(c1sccc1Br)C1CCCN1. The molecule has 1 fully saturated rings. The van der Waals surface area contributed by atoms with Crippen LogP contribution in [-0.2, 0) is 0 Å². The van der Waals surface area contributed by atoms with Crippen LogP contribution in [-0.4, -0.2) is 18.4 Å². The summed E-state index contributed by atoms with van der Waals surface area (Å²) in [6, 6.07) is 1.97. The topological polar surface area (TPSA) is 29.1 Å². The second-order valence-electron chi connectivity index (χ2n) is 3.11. The van der Waals surface area contributed by atoms with Crippen molar-refractivity contribution in [2.24, 2.45) is 0 Å². The van der Waals surface area contributed by atoms with Crippen LogP contribution >= 0.6 is 27.3 Å². The van der Waals surface area contributed by atoms with Crippen LogP contribution in [0.5, 0.6) is 0 Å². The molecular weight excluding hydrogens is 250 g/mol. The summed E-state index contributed by atoms with van der Waals surface area (Å²) >= 11 is 4.88. The molecule has 0 radical (unpaired) electrons. The van der Waals surface area contributed by atoms with Crippen LogP contribution in [0.3, 0.4) is 0 Å². The first-order chi connectivity index (χ1) is 6.29. The minimum Gasteiger partial charge on any atom is -0.307 e. The molecule has 4 heteroatoms. The standard InChI is InChI=1S/C9H10BrNOS/c10-6-3-5-13-9(6)8(12)7-2-1-4-11-7/h3,5,7,11H,1-2,4H2. The zero-order valence-corrected chi connectivity index (χ0v) is 9.45. The van der Waals surface area contributed by atoms with Gasteiger partial charge in [0.15, 0.2) is 5.78 Å². The molecule has 1 aromatic heterocycles. The van der Waals surface area contributed by atoms with Crippen LogP contribution in [0.2, 0.25) is 0 Å². The van der Waals surface area contributed by atoms with Crippen LogP contribution < -0.4 is 5.32 Å². The number of hydrogen-bond acceptors (Lipinski definition) is 3. The number of thiophene rings is 1. The van der Waals surface area contributed by atoms with Gasteiger partial charge in [-0.1, -0.05) is 0 Å². The Labute approximate surface area is 89.5 Å². The van der Waals surface area contributed by atoms with Crippen LogP contribution in [0.1, 0.15) is 22.5 Å². The maximum absolute atomic E-state index is 11.8. The number of ketones is 1. The van der Waals surface area contributed by atoms with Gasteiger partial charge in [0.05, 0.1) is 10.9 Å². The summed E-state index contributed by atoms with van der Waals surface area (Å²) in [5, 5.41) is 5.14. The average Bonchev–Trinajstić information content (AvgIpc) is 2.72. The summed E-state index contributed by atoms with van der Waals surface area (Å²) in [5.74, 6) is 0.236. The van der Waals surface area contributed by atoms with Crippen LogP contribution in [0.25, 0.3) is 0 Å². The smallest absolute Gasteiger partial charge is 0.190 e. The fourth-order valence-electron chi connectivity index (χ4n) is 1.54. The Balaban J connectivity index is 2.17. The number of carbonyl (C=O) groups excluding carboxylic acids is 1. The highest BCUT2D eigenvalue weighted by atomic mass is 79.9. The highest BCUT2D eigenvalue weighted by molar-refractivity contribution is 9.10. The predicted molar refractivity (Wildman–Crippen MR) is 57.4 cm³/mol. The first-order valence-electron chi connectivity index (χ1n) is 4.29. The summed E-state index contributed by atoms with van der Waals surface area (Å²) in [7, 11) is 0. The van der Waals surface area contributed by atoms with Crippen molar-refractivity contribution >= 4 is 33.0 Å². The van der Waals surface area contributed by atoms with Crippen LogP contribution in [0.4, 0.5) is 0 Å². The van der Waals surface area contributed by atoms with E-state index in [0.29, 0.717) is 0 Å². The summed E-state index contributed by atoms with van der Waals surface area (Å²) in [6.07, 6.45) is 2.09. The van der Waals surface area contributed by atoms with Gasteiger partial charge in [0.25, 0.3) is 0 Å². The lowest BCUT2D eigenvalue weighted by molar-refractivity contribution is 0.0955. The van der Waals surface area contributed by atoms with Gasteiger partial charge in [0.1, 0.15) is 0 Å². The molecule has 2 rings (SSSR count). The largest absolute Gasteiger partial charge is 0.307 e. The molecule has 0 spiro atoms. The maximum Gasteiger partial charge on any atom is 0.190 e. The minimum absolute atomic E-state index is 0.0509. The number of nitrogens with one attached hydrogen (secondary N) is 1. The molecule has 0 aliphatic carbocycles. The lowest BCUT2D eigenvalue weighted by atomic mass is 10.1. The van der Waals surface area contributed by atoms with E-state index in [9.17, 15) is 4.79 Å². The third-order valence-electron chi connectivity index (χ3n) is 2.22. The van der Waals surface area contributed by atoms with Crippen molar-refractivity contribution < 1.29 is 4.79 Å². The zero-order valence-electron chi connectivity index (χ0n) is 7.05. The van der Waals surface area contributed by atoms with E-state index in [4.69, 9.17) is 0 Å². The third kappa shape index (κ3) is 1.85. The van der Waals surface area contributed by atoms with Gasteiger partial charge in [-0.05, 0) is 46.8 Å². The lowest BCUT2D eigenvalue weighted by Gasteiger charge is -2.06. The quantitative estimate of drug-likeness (QED) is 0.827. The number of halogens is 1. The molecule has 1 atom stereocenters. The normalized spacial score (nSPS) is 22.1. The van der Waals surface area contributed by atoms with Gasteiger partial charge in [0.2, 0.25) is 0 Å². The minimum atomic E-state index is 0.0509. The van der Waals surface area contributed by atoms with Crippen molar-refractivity contribution in [2.45, 2.75) is 18.9 Å². The number of hydrogen-bond donors (Lipinski definition) is 1. The molecule has 0 aromatic carbocycles. The molecular formula is C9H10BrNOS. The predicted octanol–water partition coefficient (Wildman–Crippen LogP) is 2.45. The monoisotopic (exact) mass is 259 g/mol. The van der Waals surface area contributed by atoms with Crippen molar-refractivity contribution in [2.75, 3.05) is 6.54 Å². The van der Waals surface area contributed by atoms with Gasteiger partial charge in [-0.2, -0.15) is 0 Å². The number of carbonyl (C=O) groups is 1. The Morgan fingerprint density at radius 1 is 1.69 bits per heavy atom. The van der Waals surface area contributed by atoms with Crippen molar-refractivity contribution in [1.82, 2.24) is 5.32 Å². The maximum atomic E-state index is 11.8. The lowest BCUT2D eigenvalue weighted by Crippen LogP contribution is -2.30. The number of Topliss-reactive ketones (excluding diaryl/α,β-unsaturated/α-hetero) is 1. The van der Waals surface area contributed by atoms with E-state index in [1.807, 2.05) is 11.4 Å². The van der Waals surface area contributed by atoms with Crippen LogP contribution in [0, 0.1) is 0 Å². The Hall–Kier alpha value is -0.190. The Morgan fingerprint density at radius 2 is 2.54 bits per heavy atom. The summed E-state index contributed by atoms with van der Waals surface area (Å²) < 4.78 is 0.927. The van der Waals surface area contributed by atoms with E-state index < -0.39 is 0 Å². The van der Waals surface area contributed by atoms with Crippen molar-refractivity contribution in [3.63, 3.8) is 0 Å². The van der Waals surface area contributed by atoms with E-state index >= 15 is 0 Å². The molecule has 1 aliphatic heterocycles. The summed E-state index contributed by atoms with van der Waals surface area (Å²) in [6.45, 7) is 0.972. The van der Waals surface area contributed by atoms with E-state index in [1.165, 1.54) is 11.3 Å². The Morgan fingerprint density at radius 3 is 3.08 bits per heavy atom. The van der Waals surface area contributed by atoms with Gasteiger partial charge >= 0.3 is 0 Å². The van der Waals surface area contributed by atoms with E-state index in [2.05, 4.69) is 21.2 Å². The van der Waals surface area contributed by atoms with Crippen molar-refractivity contribution in [3.05, 3.63) is 20.8 Å². The molecule has 2 nitrogen and oxygen atoms in total. The molecule has 13 heavy (non-hydrogen) atoms. The van der Waals surface area contributed by atoms with Gasteiger partial charge in [-0.15, -0.1) is 11.3 Å². The summed E-state index contributed by atoms with van der Waals surface area (Å²) in [5.41, 5.74) is 0. The van der Waals surface area contributed by atoms with E-state index in [-0.39, 0.29) is 11.8 Å². The fraction of sp³-hybridized carbons (Fsp3) is 0.444. The second-order valence-corrected chi connectivity index (χ2v) is 4.88. The molecule has 1 aromatic rings. The third-order valence-corrected chi connectivity index (χ3v) is 4.07. The fourth-order valence-corrected chi connectivity index (χ4v) is 3.10. The Kier molecular flexibility index (Phi) is 2.81. The molecule has 70 valence electrons. The van der Waals surface area contributed by atoms with E-state index in [0.717, 1.165) is 28.7 Å². The van der Waals surface area contributed by atoms with Crippen molar-refractivity contribution in [3.8, 4) is 0 Å². The van der Waals surface area contributed by atoms with Crippen LogP contribution in [0.15, 0.2) is 15.9 Å². The van der Waals surface area contributed by atoms with E-state index in [1.54, 1.807) is 0 Å². The molecule has 0 amide bonds. The molecule has 2 heterocycles. The van der Waals surface area contributed by atoms with Gasteiger partial charge < -0.3 is 5.32 Å². The average molecular weight is 260 g/mol. The zero-order chi connectivity index (χ0) is 9.26. The summed E-state index contributed by atoms with van der Waals surface area (Å²) in [4.78, 5) is 12.7. The highest BCUT2D eigenvalue weighted by Crippen LogP contribution is 2.25. The highest BCUT2D eigenvalue weighted by Gasteiger charge is 2.25.